The van der Waals surface area contributed by atoms with Gasteiger partial charge in [0.15, 0.2) is 5.78 Å². The third-order valence-electron chi connectivity index (χ3n) is 14.9. The Morgan fingerprint density at radius 2 is 1.58 bits per heavy atom. The largest absolute Gasteiger partial charge is 0.460 e. The maximum atomic E-state index is 14.4. The quantitative estimate of drug-likeness (QED) is 0.171. The van der Waals surface area contributed by atoms with Crippen molar-refractivity contribution < 1.29 is 62.6 Å². The van der Waals surface area contributed by atoms with Gasteiger partial charge in [0.05, 0.1) is 37.6 Å². The van der Waals surface area contributed by atoms with Gasteiger partial charge in [-0.3, -0.25) is 19.2 Å². The van der Waals surface area contributed by atoms with Crippen molar-refractivity contribution >= 4 is 29.2 Å². The number of hydrogen-bond acceptors (Lipinski definition) is 13. The molecule has 4 heterocycles. The van der Waals surface area contributed by atoms with Crippen molar-refractivity contribution in [2.75, 3.05) is 34.0 Å². The molecule has 2 bridgehead atoms. The van der Waals surface area contributed by atoms with Crippen LogP contribution in [0, 0.1) is 35.5 Å². The number of esters is 1. The van der Waals surface area contributed by atoms with Crippen LogP contribution in [0.25, 0.3) is 0 Å². The molecule has 2 N–H and O–H groups in total. The molecule has 14 nitrogen and oxygen atoms in total. The molecule has 66 heavy (non-hydrogen) atoms. The van der Waals surface area contributed by atoms with Crippen molar-refractivity contribution in [3.05, 3.63) is 47.6 Å². The predicted octanol–water partition coefficient (Wildman–Crippen LogP) is 6.59. The van der Waals surface area contributed by atoms with Crippen LogP contribution in [0.2, 0.25) is 0 Å². The van der Waals surface area contributed by atoms with Crippen molar-refractivity contribution in [3.8, 4) is 0 Å². The molecule has 1 saturated carbocycles. The molecule has 4 fully saturated rings. The molecular formula is C52H79NO13. The van der Waals surface area contributed by atoms with Gasteiger partial charge in [0.25, 0.3) is 11.7 Å². The van der Waals surface area contributed by atoms with Crippen LogP contribution in [-0.2, 0) is 52.4 Å². The molecule has 4 aliphatic heterocycles. The number of allylic oxidation sites excluding steroid dienone is 6. The lowest BCUT2D eigenvalue weighted by molar-refractivity contribution is -0.265. The van der Waals surface area contributed by atoms with Crippen molar-refractivity contribution in [1.82, 2.24) is 4.90 Å². The van der Waals surface area contributed by atoms with Gasteiger partial charge < -0.3 is 43.5 Å². The second kappa shape index (κ2) is 24.8. The normalized spacial score (nSPS) is 38.4. The van der Waals surface area contributed by atoms with Crippen molar-refractivity contribution in [1.29, 1.82) is 0 Å². The molecular weight excluding hydrogens is 847 g/mol. The number of Topliss-reactive ketones (excluding diaryl/α,β-unsaturated/α-hetero) is 3. The average Bonchev–Trinajstić information content (AvgIpc) is 3.30. The molecule has 1 amide bonds. The maximum Gasteiger partial charge on any atom is 0.329 e. The lowest BCUT2D eigenvalue weighted by Gasteiger charge is -2.43. The molecule has 0 aromatic heterocycles. The van der Waals surface area contributed by atoms with E-state index >= 15 is 0 Å². The number of ketones is 3. The smallest absolute Gasteiger partial charge is 0.329 e. The standard InChI is InChI=1S/C52H79NO13/c1-31-15-11-10-12-16-32(2)43(61-8)29-39-20-18-37(7)52(60,66-39)49(57)50(58)53-22-14-13-17-40(53)51(59)65-44(34(4)27-38-19-21-42-45(28-38)64-24-23-63-42)30-41(54)33(3)26-36(6)47(56)48(62-9)46(55)35(5)25-31/h10-12,15-16,26,31,33-35,37-40,42-45,47-48,56,60H,13-14,17-25,27-30H2,1-9H3/t31-,33-,34-,35-,37-,38+,39?,40+,42?,43+,44?,45?,47-,48+,52?/m1/s1. The van der Waals surface area contributed by atoms with Crippen LogP contribution in [0.3, 0.4) is 0 Å². The van der Waals surface area contributed by atoms with Gasteiger partial charge in [0.1, 0.15) is 30.1 Å². The Labute approximate surface area is 392 Å². The summed E-state index contributed by atoms with van der Waals surface area (Å²) in [6.07, 6.45) is 13.2. The second-order valence-electron chi connectivity index (χ2n) is 20.1. The van der Waals surface area contributed by atoms with Crippen molar-refractivity contribution in [2.45, 2.75) is 180 Å². The summed E-state index contributed by atoms with van der Waals surface area (Å²) >= 11 is 0. The molecule has 0 spiro atoms. The Hall–Kier alpha value is -3.37. The number of piperidine rings is 1. The summed E-state index contributed by atoms with van der Waals surface area (Å²) in [7, 11) is 2.97. The first-order valence-electron chi connectivity index (χ1n) is 24.6. The number of nitrogens with zero attached hydrogens (tertiary/aromatic N) is 1. The van der Waals surface area contributed by atoms with Gasteiger partial charge in [0.2, 0.25) is 5.79 Å². The Morgan fingerprint density at radius 1 is 0.848 bits per heavy atom. The fourth-order valence-corrected chi connectivity index (χ4v) is 10.6. The molecule has 5 unspecified atom stereocenters. The first-order valence-corrected chi connectivity index (χ1v) is 24.6. The Morgan fingerprint density at radius 3 is 2.29 bits per heavy atom. The minimum atomic E-state index is -2.42. The number of hydrogen-bond donors (Lipinski definition) is 2. The fourth-order valence-electron chi connectivity index (χ4n) is 10.6. The van der Waals surface area contributed by atoms with Gasteiger partial charge >= 0.3 is 5.97 Å². The third-order valence-corrected chi connectivity index (χ3v) is 14.9. The van der Waals surface area contributed by atoms with E-state index < -0.39 is 77.8 Å². The third kappa shape index (κ3) is 13.7. The van der Waals surface area contributed by atoms with Gasteiger partial charge in [-0.25, -0.2) is 4.79 Å². The highest BCUT2D eigenvalue weighted by Crippen LogP contribution is 2.38. The van der Waals surface area contributed by atoms with Gasteiger partial charge in [-0.2, -0.15) is 0 Å². The summed E-state index contributed by atoms with van der Waals surface area (Å²) in [4.78, 5) is 72.0. The molecule has 3 saturated heterocycles. The van der Waals surface area contributed by atoms with Crippen LogP contribution in [0.15, 0.2) is 47.6 Å². The van der Waals surface area contributed by atoms with Crippen LogP contribution in [-0.4, -0.2) is 133 Å². The molecule has 0 aromatic rings. The summed E-state index contributed by atoms with van der Waals surface area (Å²) in [6, 6.07) is -1.12. The summed E-state index contributed by atoms with van der Waals surface area (Å²) < 4.78 is 35.9. The van der Waals surface area contributed by atoms with E-state index in [0.29, 0.717) is 63.7 Å². The second-order valence-corrected chi connectivity index (χ2v) is 20.1. The van der Waals surface area contributed by atoms with E-state index in [0.717, 1.165) is 24.8 Å². The highest BCUT2D eigenvalue weighted by atomic mass is 16.6. The summed E-state index contributed by atoms with van der Waals surface area (Å²) in [5.41, 5.74) is 1.29. The first-order chi connectivity index (χ1) is 31.4. The average molecular weight is 926 g/mol. The van der Waals surface area contributed by atoms with E-state index in [9.17, 15) is 34.2 Å². The van der Waals surface area contributed by atoms with Gasteiger partial charge in [-0.05, 0) is 107 Å². The number of methoxy groups -OCH3 is 2. The number of carbonyl (C=O) groups is 5. The molecule has 15 atom stereocenters. The molecule has 5 rings (SSSR count). The lowest BCUT2D eigenvalue weighted by atomic mass is 9.78. The molecule has 0 aromatic carbocycles. The number of amides is 1. The van der Waals surface area contributed by atoms with Crippen LogP contribution in [0.4, 0.5) is 0 Å². The van der Waals surface area contributed by atoms with E-state index in [2.05, 4.69) is 0 Å². The fraction of sp³-hybridized carbons (Fsp3) is 0.750. The number of fused-ring (bicyclic) bond motifs is 4. The molecule has 1 aliphatic carbocycles. The van der Waals surface area contributed by atoms with E-state index in [4.69, 9.17) is 28.4 Å². The summed E-state index contributed by atoms with van der Waals surface area (Å²) in [5.74, 6) is -7.61. The highest BCUT2D eigenvalue weighted by molar-refractivity contribution is 6.39. The van der Waals surface area contributed by atoms with Crippen LogP contribution in [0.5, 0.6) is 0 Å². The topological polar surface area (TPSA) is 184 Å². The van der Waals surface area contributed by atoms with E-state index in [1.54, 1.807) is 34.0 Å². The zero-order valence-corrected chi connectivity index (χ0v) is 41.0. The van der Waals surface area contributed by atoms with Gasteiger partial charge in [-0.1, -0.05) is 71.1 Å². The summed E-state index contributed by atoms with van der Waals surface area (Å²) in [6.45, 7) is 14.0. The monoisotopic (exact) mass is 926 g/mol. The van der Waals surface area contributed by atoms with E-state index in [-0.39, 0.29) is 60.9 Å². The van der Waals surface area contributed by atoms with Crippen LogP contribution < -0.4 is 0 Å². The van der Waals surface area contributed by atoms with Gasteiger partial charge in [0, 0.05) is 51.4 Å². The zero-order valence-electron chi connectivity index (χ0n) is 41.0. The van der Waals surface area contributed by atoms with Crippen LogP contribution in [0.1, 0.15) is 126 Å². The van der Waals surface area contributed by atoms with Gasteiger partial charge in [-0.15, -0.1) is 0 Å². The van der Waals surface area contributed by atoms with Crippen LogP contribution >= 0.6 is 0 Å². The lowest BCUT2D eigenvalue weighted by Crippen LogP contribution is -2.61. The number of aliphatic hydroxyl groups is 2. The van der Waals surface area contributed by atoms with E-state index in [1.807, 2.05) is 58.1 Å². The number of carbonyl (C=O) groups excluding carboxylic acids is 5. The van der Waals surface area contributed by atoms with E-state index in [1.165, 1.54) is 12.0 Å². The SMILES string of the molecule is CO[C@H]1CC2CC[C@@H](C)C(O)(O2)C(=O)C(=O)N2CCCC[C@H]2C(=O)OC([C@H](C)C[C@@H]2CCC3OCCOC3C2)CC(=O)[C@H](C)C=C(C)[C@@H](O)[C@@H](OC)C(=O)[C@H](C)C[C@H](C)C=CC=CC=C1C. The predicted molar refractivity (Wildman–Crippen MR) is 248 cm³/mol. The molecule has 0 radical (unpaired) electrons. The number of aliphatic hydroxyl groups excluding tert-OH is 1. The highest BCUT2D eigenvalue weighted by Gasteiger charge is 2.53. The maximum absolute atomic E-state index is 14.4. The van der Waals surface area contributed by atoms with Crippen molar-refractivity contribution in [3.63, 3.8) is 0 Å². The number of rotatable bonds is 5. The number of cyclic esters (lactones) is 1. The zero-order chi connectivity index (χ0) is 48.3. The first kappa shape index (κ1) is 53.6. The van der Waals surface area contributed by atoms with Crippen molar-refractivity contribution in [2.24, 2.45) is 35.5 Å². The Kier molecular flexibility index (Phi) is 20.1. The molecule has 14 heteroatoms. The molecule has 370 valence electrons. The minimum Gasteiger partial charge on any atom is -0.460 e. The summed E-state index contributed by atoms with van der Waals surface area (Å²) in [5, 5.41) is 23.4. The minimum absolute atomic E-state index is 0.0201. The number of ether oxygens (including phenoxy) is 6. The Balaban J connectivity index is 1.45. The molecule has 5 aliphatic rings. The Bertz CT molecular complexity index is 1810.